The summed E-state index contributed by atoms with van der Waals surface area (Å²) < 4.78 is 6.58. The number of rotatable bonds is 3. The first-order valence-corrected chi connectivity index (χ1v) is 9.35. The van der Waals surface area contributed by atoms with E-state index < -0.39 is 0 Å². The molecule has 0 spiro atoms. The first kappa shape index (κ1) is 18.3. The van der Waals surface area contributed by atoms with Crippen LogP contribution in [-0.4, -0.2) is 46.8 Å². The van der Waals surface area contributed by atoms with E-state index in [1.165, 1.54) is 10.9 Å². The van der Waals surface area contributed by atoms with Crippen molar-refractivity contribution < 1.29 is 9.21 Å². The van der Waals surface area contributed by atoms with E-state index in [4.69, 9.17) is 16.0 Å². The van der Waals surface area contributed by atoms with Crippen LogP contribution in [0, 0.1) is 6.92 Å². The van der Waals surface area contributed by atoms with Crippen molar-refractivity contribution in [3.05, 3.63) is 75.6 Å². The van der Waals surface area contributed by atoms with E-state index >= 15 is 0 Å². The molecule has 0 aliphatic carbocycles. The predicted octanol–water partition coefficient (Wildman–Crippen LogP) is 2.75. The molecule has 0 saturated carbocycles. The van der Waals surface area contributed by atoms with Crippen molar-refractivity contribution in [2.24, 2.45) is 0 Å². The number of carbonyl (C=O) groups is 1. The zero-order chi connectivity index (χ0) is 19.7. The fourth-order valence-corrected chi connectivity index (χ4v) is 3.53. The van der Waals surface area contributed by atoms with Crippen molar-refractivity contribution in [2.45, 2.75) is 6.92 Å². The van der Waals surface area contributed by atoms with Gasteiger partial charge in [-0.1, -0.05) is 29.8 Å². The second-order valence-electron chi connectivity index (χ2n) is 6.61. The van der Waals surface area contributed by atoms with Crippen molar-refractivity contribution in [1.82, 2.24) is 14.7 Å². The van der Waals surface area contributed by atoms with Crippen LogP contribution in [-0.2, 0) is 0 Å². The lowest BCUT2D eigenvalue weighted by atomic mass is 10.2. The molecule has 28 heavy (non-hydrogen) atoms. The van der Waals surface area contributed by atoms with Gasteiger partial charge in [-0.15, -0.1) is 0 Å². The van der Waals surface area contributed by atoms with Crippen molar-refractivity contribution in [3.8, 4) is 5.69 Å². The number of aromatic nitrogens is 2. The average molecular weight is 399 g/mol. The molecule has 7 nitrogen and oxygen atoms in total. The molecular formula is C20H19ClN4O3. The van der Waals surface area contributed by atoms with Crippen molar-refractivity contribution in [2.75, 3.05) is 31.1 Å². The van der Waals surface area contributed by atoms with Gasteiger partial charge in [0.15, 0.2) is 5.76 Å². The third-order valence-corrected chi connectivity index (χ3v) is 5.22. The highest BCUT2D eigenvalue weighted by Gasteiger charge is 2.26. The van der Waals surface area contributed by atoms with Gasteiger partial charge in [0.2, 0.25) is 0 Å². The predicted molar refractivity (Wildman–Crippen MR) is 106 cm³/mol. The van der Waals surface area contributed by atoms with Gasteiger partial charge in [0.1, 0.15) is 5.02 Å². The fraction of sp³-hybridized carbons (Fsp3) is 0.250. The quantitative estimate of drug-likeness (QED) is 0.678. The molecule has 3 heterocycles. The first-order chi connectivity index (χ1) is 13.6. The smallest absolute Gasteiger partial charge is 0.292 e. The summed E-state index contributed by atoms with van der Waals surface area (Å²) >= 11 is 6.37. The minimum absolute atomic E-state index is 0.120. The Morgan fingerprint density at radius 2 is 1.82 bits per heavy atom. The number of furan rings is 1. The summed E-state index contributed by atoms with van der Waals surface area (Å²) in [5.74, 6) is 0.254. The van der Waals surface area contributed by atoms with Gasteiger partial charge in [0, 0.05) is 31.7 Å². The maximum Gasteiger partial charge on any atom is 0.292 e. The third-order valence-electron chi connectivity index (χ3n) is 4.87. The van der Waals surface area contributed by atoms with Crippen LogP contribution in [0.25, 0.3) is 5.69 Å². The highest BCUT2D eigenvalue weighted by atomic mass is 35.5. The Bertz CT molecular complexity index is 1050. The summed E-state index contributed by atoms with van der Waals surface area (Å²) in [5.41, 5.74) is 1.70. The molecule has 0 radical (unpaired) electrons. The number of para-hydroxylation sites is 1. The lowest BCUT2D eigenvalue weighted by Gasteiger charge is -2.35. The molecule has 0 N–H and O–H groups in total. The number of anilines is 1. The van der Waals surface area contributed by atoms with Gasteiger partial charge in [0.25, 0.3) is 11.5 Å². The minimum Gasteiger partial charge on any atom is -0.459 e. The zero-order valence-electron chi connectivity index (χ0n) is 15.3. The molecule has 1 saturated heterocycles. The number of amides is 1. The van der Waals surface area contributed by atoms with E-state index in [2.05, 4.69) is 5.10 Å². The number of carbonyl (C=O) groups excluding carboxylic acids is 1. The van der Waals surface area contributed by atoms with Gasteiger partial charge in [0.05, 0.1) is 23.8 Å². The Labute approximate surface area is 166 Å². The molecule has 1 amide bonds. The van der Waals surface area contributed by atoms with Crippen LogP contribution in [0.5, 0.6) is 0 Å². The molecule has 0 atom stereocenters. The molecule has 0 bridgehead atoms. The van der Waals surface area contributed by atoms with Crippen LogP contribution in [0.4, 0.5) is 5.69 Å². The molecule has 1 aliphatic rings. The van der Waals surface area contributed by atoms with Crippen molar-refractivity contribution in [1.29, 1.82) is 0 Å². The molecule has 2 aromatic heterocycles. The highest BCUT2D eigenvalue weighted by molar-refractivity contribution is 6.33. The van der Waals surface area contributed by atoms with E-state index in [0.717, 1.165) is 5.56 Å². The molecule has 3 aromatic rings. The van der Waals surface area contributed by atoms with E-state index in [0.29, 0.717) is 43.3 Å². The van der Waals surface area contributed by atoms with Gasteiger partial charge in [-0.2, -0.15) is 9.78 Å². The molecule has 1 aliphatic heterocycles. The second kappa shape index (κ2) is 7.52. The molecule has 8 heteroatoms. The summed E-state index contributed by atoms with van der Waals surface area (Å²) in [7, 11) is 0. The first-order valence-electron chi connectivity index (χ1n) is 8.98. The summed E-state index contributed by atoms with van der Waals surface area (Å²) in [4.78, 5) is 29.0. The van der Waals surface area contributed by atoms with E-state index in [-0.39, 0.29) is 16.5 Å². The number of hydrogen-bond donors (Lipinski definition) is 0. The highest BCUT2D eigenvalue weighted by Crippen LogP contribution is 2.24. The minimum atomic E-state index is -0.366. The fourth-order valence-electron chi connectivity index (χ4n) is 3.28. The van der Waals surface area contributed by atoms with Crippen LogP contribution in [0.15, 0.2) is 58.1 Å². The Morgan fingerprint density at radius 1 is 1.11 bits per heavy atom. The SMILES string of the molecule is Cc1ccoc1C(=O)N1CCN(c2cnn(-c3ccccc3)c(=O)c2Cl)CC1. The van der Waals surface area contributed by atoms with E-state index in [1.807, 2.05) is 30.0 Å². The number of nitrogens with zero attached hydrogens (tertiary/aromatic N) is 4. The lowest BCUT2D eigenvalue weighted by molar-refractivity contribution is 0.0713. The maximum atomic E-state index is 12.7. The summed E-state index contributed by atoms with van der Waals surface area (Å²) in [6.45, 7) is 3.98. The van der Waals surface area contributed by atoms with Gasteiger partial charge in [-0.3, -0.25) is 9.59 Å². The standard InChI is InChI=1S/C20H19ClN4O3/c1-14-7-12-28-18(14)20(27)24-10-8-23(9-11-24)16-13-22-25(19(26)17(16)21)15-5-3-2-4-6-15/h2-7,12-13H,8-11H2,1H3. The Hall–Kier alpha value is -3.06. The number of benzene rings is 1. The van der Waals surface area contributed by atoms with Crippen LogP contribution in [0.1, 0.15) is 16.1 Å². The topological polar surface area (TPSA) is 71.6 Å². The number of hydrogen-bond acceptors (Lipinski definition) is 5. The van der Waals surface area contributed by atoms with Crippen LogP contribution in [0.3, 0.4) is 0 Å². The molecule has 1 fully saturated rings. The van der Waals surface area contributed by atoms with E-state index in [9.17, 15) is 9.59 Å². The third kappa shape index (κ3) is 3.29. The van der Waals surface area contributed by atoms with Crippen molar-refractivity contribution in [3.63, 3.8) is 0 Å². The van der Waals surface area contributed by atoms with Crippen molar-refractivity contribution >= 4 is 23.2 Å². The molecule has 4 rings (SSSR count). The Morgan fingerprint density at radius 3 is 2.46 bits per heavy atom. The number of aryl methyl sites for hydroxylation is 1. The zero-order valence-corrected chi connectivity index (χ0v) is 16.1. The summed E-state index contributed by atoms with van der Waals surface area (Å²) in [6, 6.07) is 10.9. The Kier molecular flexibility index (Phi) is 4.92. The van der Waals surface area contributed by atoms with Crippen LogP contribution < -0.4 is 10.5 Å². The van der Waals surface area contributed by atoms with Crippen LogP contribution in [0.2, 0.25) is 5.02 Å². The second-order valence-corrected chi connectivity index (χ2v) is 6.99. The molecule has 0 unspecified atom stereocenters. The lowest BCUT2D eigenvalue weighted by Crippen LogP contribution is -2.49. The largest absolute Gasteiger partial charge is 0.459 e. The molecule has 1 aromatic carbocycles. The molecular weight excluding hydrogens is 380 g/mol. The van der Waals surface area contributed by atoms with Gasteiger partial charge < -0.3 is 14.2 Å². The normalized spacial score (nSPS) is 14.4. The Balaban J connectivity index is 1.51. The molecule has 144 valence electrons. The monoisotopic (exact) mass is 398 g/mol. The maximum absolute atomic E-state index is 12.7. The van der Waals surface area contributed by atoms with Gasteiger partial charge in [-0.25, -0.2) is 0 Å². The summed E-state index contributed by atoms with van der Waals surface area (Å²) in [6.07, 6.45) is 3.12. The summed E-state index contributed by atoms with van der Waals surface area (Å²) in [5, 5.41) is 4.40. The number of halogens is 1. The van der Waals surface area contributed by atoms with E-state index in [1.54, 1.807) is 29.3 Å². The number of piperazine rings is 1. The average Bonchev–Trinajstić information content (AvgIpc) is 3.16. The van der Waals surface area contributed by atoms with Crippen LogP contribution >= 0.6 is 11.6 Å². The van der Waals surface area contributed by atoms with Gasteiger partial charge >= 0.3 is 0 Å². The van der Waals surface area contributed by atoms with Gasteiger partial charge in [-0.05, 0) is 25.1 Å².